The largest absolute Gasteiger partial charge is 0.456 e. The lowest BCUT2D eigenvalue weighted by Crippen LogP contribution is -2.28. The van der Waals surface area contributed by atoms with Crippen molar-refractivity contribution in [1.82, 2.24) is 0 Å². The smallest absolute Gasteiger partial charge is 0.150 e. The predicted molar refractivity (Wildman–Crippen MR) is 332 cm³/mol. The van der Waals surface area contributed by atoms with Crippen molar-refractivity contribution < 1.29 is 17.7 Å². The van der Waals surface area contributed by atoms with Crippen LogP contribution in [0.5, 0.6) is 0 Å². The second kappa shape index (κ2) is 17.1. The Morgan fingerprint density at radius 3 is 1.19 bits per heavy atom. The predicted octanol–water partition coefficient (Wildman–Crippen LogP) is 21.2. The van der Waals surface area contributed by atoms with Crippen LogP contribution in [-0.4, -0.2) is 0 Å². The zero-order chi connectivity index (χ0) is 52.8. The number of fused-ring (bicyclic) bond motifs is 22. The molecule has 0 saturated carbocycles. The van der Waals surface area contributed by atoms with E-state index in [0.717, 1.165) is 113 Å². The summed E-state index contributed by atoms with van der Waals surface area (Å²) in [5.41, 5.74) is 20.4. The molecule has 4 aromatic heterocycles. The molecule has 0 spiro atoms. The van der Waals surface area contributed by atoms with Crippen molar-refractivity contribution >= 4 is 120 Å². The number of hydrogen-bond acceptors (Lipinski definition) is 4. The molecule has 0 fully saturated rings. The molecule has 16 aromatic rings. The number of para-hydroxylation sites is 4. The quantitative estimate of drug-likeness (QED) is 0.176. The van der Waals surface area contributed by atoms with Gasteiger partial charge in [0.15, 0.2) is 0 Å². The van der Waals surface area contributed by atoms with Crippen molar-refractivity contribution in [1.29, 1.82) is 0 Å². The average molecular weight is 1150 g/mol. The molecule has 0 amide bonds. The number of furan rings is 4. The van der Waals surface area contributed by atoms with Gasteiger partial charge in [-0.2, -0.15) is 0 Å². The first kappa shape index (κ1) is 45.8. The van der Waals surface area contributed by atoms with Crippen molar-refractivity contribution in [2.24, 2.45) is 0 Å². The topological polar surface area (TPSA) is 52.6 Å². The van der Waals surface area contributed by atoms with Crippen LogP contribution in [0.1, 0.15) is 44.5 Å². The van der Waals surface area contributed by atoms with E-state index in [0.29, 0.717) is 0 Å². The summed E-state index contributed by atoms with van der Waals surface area (Å²) in [4.78, 5) is 0. The summed E-state index contributed by atoms with van der Waals surface area (Å²) in [7, 11) is 0. The van der Waals surface area contributed by atoms with Crippen LogP contribution in [0.15, 0.2) is 281 Å². The van der Waals surface area contributed by atoms with Gasteiger partial charge in [-0.3, -0.25) is 0 Å². The molecule has 4 heterocycles. The van der Waals surface area contributed by atoms with Gasteiger partial charge in [-0.25, -0.2) is 0 Å². The standard InChI is InChI=1S/C37H20Br2O2.C37H22O2/c38-27-19-26-34(36-31(27)23-15-7-9-17-29(23)41-36)33-25(20-28(39)35-32(33)24-16-8-10-18-30(24)40-35)37(26,21-11-3-1-4-12-21)22-13-5-2-6-14-22;1-3-11-23(12-4-1)37(24-13-5-2-6-14-24)28-21-22-32-33(27-16-8-10-18-31(27)38-32)34(28)35-29(37)20-19-26-25-15-7-9-17-30(25)39-36(26)35/h1-20H;1-22H. The summed E-state index contributed by atoms with van der Waals surface area (Å²) >= 11 is 7.94. The fourth-order valence-corrected chi connectivity index (χ4v) is 15.3. The Labute approximate surface area is 475 Å². The maximum absolute atomic E-state index is 6.79. The molecule has 6 heteroatoms. The highest BCUT2D eigenvalue weighted by Gasteiger charge is 2.51. The van der Waals surface area contributed by atoms with Crippen molar-refractivity contribution in [2.75, 3.05) is 0 Å². The highest BCUT2D eigenvalue weighted by atomic mass is 79.9. The molecule has 4 nitrogen and oxygen atoms in total. The van der Waals surface area contributed by atoms with Gasteiger partial charge < -0.3 is 17.7 Å². The number of benzene rings is 12. The summed E-state index contributed by atoms with van der Waals surface area (Å²) in [6.45, 7) is 0. The van der Waals surface area contributed by atoms with Gasteiger partial charge in [-0.15, -0.1) is 0 Å². The molecule has 0 unspecified atom stereocenters. The molecule has 12 aromatic carbocycles. The Hall–Kier alpha value is -9.20. The third kappa shape index (κ3) is 6.04. The van der Waals surface area contributed by atoms with Gasteiger partial charge in [0.2, 0.25) is 0 Å². The average Bonchev–Trinajstić information content (AvgIpc) is 4.23. The minimum absolute atomic E-state index is 0.507. The molecule has 0 atom stereocenters. The van der Waals surface area contributed by atoms with Crippen LogP contribution in [-0.2, 0) is 10.8 Å². The highest BCUT2D eigenvalue weighted by molar-refractivity contribution is 9.11. The molecule has 80 heavy (non-hydrogen) atoms. The van der Waals surface area contributed by atoms with Crippen molar-refractivity contribution in [2.45, 2.75) is 10.8 Å². The normalized spacial score (nSPS) is 13.8. The number of hydrogen-bond donors (Lipinski definition) is 0. The van der Waals surface area contributed by atoms with Crippen molar-refractivity contribution in [3.05, 3.63) is 308 Å². The molecule has 18 rings (SSSR count). The minimum Gasteiger partial charge on any atom is -0.456 e. The van der Waals surface area contributed by atoms with Crippen LogP contribution in [0.4, 0.5) is 0 Å². The van der Waals surface area contributed by atoms with E-state index >= 15 is 0 Å². The monoisotopic (exact) mass is 1150 g/mol. The molecule has 2 aliphatic rings. The van der Waals surface area contributed by atoms with E-state index in [-0.39, 0.29) is 0 Å². The second-order valence-corrected chi connectivity index (χ2v) is 22.8. The van der Waals surface area contributed by atoms with E-state index in [1.807, 2.05) is 30.3 Å². The van der Waals surface area contributed by atoms with E-state index in [2.05, 4.69) is 256 Å². The lowest BCUT2D eigenvalue weighted by molar-refractivity contribution is 0.666. The fraction of sp³-hybridized carbons (Fsp3) is 0.0270. The van der Waals surface area contributed by atoms with Gasteiger partial charge in [0.1, 0.15) is 44.7 Å². The minimum atomic E-state index is -0.585. The zero-order valence-corrected chi connectivity index (χ0v) is 45.8. The van der Waals surface area contributed by atoms with Crippen LogP contribution in [0.3, 0.4) is 0 Å². The fourth-order valence-electron chi connectivity index (χ4n) is 14.2. The van der Waals surface area contributed by atoms with Crippen LogP contribution < -0.4 is 0 Å². The van der Waals surface area contributed by atoms with E-state index < -0.39 is 10.8 Å². The van der Waals surface area contributed by atoms with Gasteiger partial charge in [0.05, 0.1) is 15.3 Å². The summed E-state index contributed by atoms with van der Waals surface area (Å²) in [5.74, 6) is 0. The Morgan fingerprint density at radius 2 is 0.613 bits per heavy atom. The van der Waals surface area contributed by atoms with E-state index in [1.54, 1.807) is 0 Å². The van der Waals surface area contributed by atoms with Gasteiger partial charge in [0.25, 0.3) is 0 Å². The summed E-state index contributed by atoms with van der Waals surface area (Å²) in [6, 6.07) is 90.3. The Morgan fingerprint density at radius 1 is 0.237 bits per heavy atom. The molecule has 0 radical (unpaired) electrons. The Balaban J connectivity index is 0.000000128. The van der Waals surface area contributed by atoms with Gasteiger partial charge >= 0.3 is 0 Å². The van der Waals surface area contributed by atoms with Crippen molar-refractivity contribution in [3.8, 4) is 22.3 Å². The van der Waals surface area contributed by atoms with Gasteiger partial charge in [-0.05, 0) is 103 Å². The van der Waals surface area contributed by atoms with Crippen molar-refractivity contribution in [3.63, 3.8) is 0 Å². The number of rotatable bonds is 4. The molecular weight excluding hydrogens is 1110 g/mol. The first-order valence-corrected chi connectivity index (χ1v) is 28.5. The number of halogens is 2. The molecule has 0 N–H and O–H groups in total. The summed E-state index contributed by atoms with van der Waals surface area (Å²) in [6.07, 6.45) is 0. The van der Waals surface area contributed by atoms with Crippen LogP contribution in [0.2, 0.25) is 0 Å². The Kier molecular flexibility index (Phi) is 9.81. The van der Waals surface area contributed by atoms with E-state index in [4.69, 9.17) is 17.7 Å². The first-order chi connectivity index (χ1) is 39.5. The van der Waals surface area contributed by atoms with Crippen LogP contribution >= 0.6 is 31.9 Å². The molecule has 0 aliphatic heterocycles. The molecule has 2 aliphatic carbocycles. The summed E-state index contributed by atoms with van der Waals surface area (Å²) in [5, 5.41) is 8.92. The second-order valence-electron chi connectivity index (χ2n) is 21.1. The van der Waals surface area contributed by atoms with Gasteiger partial charge in [-0.1, -0.05) is 228 Å². The highest BCUT2D eigenvalue weighted by Crippen LogP contribution is 2.64. The molecular formula is C74H42Br2O4. The SMILES string of the molecule is Brc1cc2c(c3c1oc1ccccc13)-c1c(cc(Br)c3c1oc1ccccc13)C2(c1ccccc1)c1ccccc1.c1ccc(C2(c3ccccc3)c3ccc4c(oc5ccccc54)c3-c3c2ccc2oc4ccccc4c32)cc1. The zero-order valence-electron chi connectivity index (χ0n) is 42.6. The van der Waals surface area contributed by atoms with Crippen LogP contribution in [0.25, 0.3) is 110 Å². The van der Waals surface area contributed by atoms with Crippen LogP contribution in [0, 0.1) is 0 Å². The van der Waals surface area contributed by atoms with E-state index in [1.165, 1.54) is 50.1 Å². The molecule has 0 bridgehead atoms. The third-order valence-corrected chi connectivity index (χ3v) is 18.5. The lowest BCUT2D eigenvalue weighted by Gasteiger charge is -2.34. The lowest BCUT2D eigenvalue weighted by atomic mass is 9.67. The summed E-state index contributed by atoms with van der Waals surface area (Å²) < 4.78 is 28.4. The maximum atomic E-state index is 6.79. The maximum Gasteiger partial charge on any atom is 0.150 e. The van der Waals surface area contributed by atoms with Gasteiger partial charge in [0, 0.05) is 69.8 Å². The third-order valence-electron chi connectivity index (χ3n) is 17.2. The first-order valence-electron chi connectivity index (χ1n) is 26.9. The molecule has 0 saturated heterocycles. The van der Waals surface area contributed by atoms with E-state index in [9.17, 15) is 0 Å². The molecule has 376 valence electrons. The Bertz CT molecular complexity index is 5120.